The predicted octanol–water partition coefficient (Wildman–Crippen LogP) is 10.7. The Hall–Kier alpha value is -7.11. The highest BCUT2D eigenvalue weighted by atomic mass is 16.1. The number of hydrogen-bond acceptors (Lipinski definition) is 3. The third kappa shape index (κ3) is 5.04. The van der Waals surface area contributed by atoms with E-state index in [1.54, 1.807) is 9.13 Å². The van der Waals surface area contributed by atoms with E-state index in [4.69, 9.17) is 9.97 Å². The van der Waals surface area contributed by atoms with Gasteiger partial charge in [-0.15, -0.1) is 0 Å². The maximum atomic E-state index is 12.6. The fourth-order valence-corrected chi connectivity index (χ4v) is 8.67. The Bertz CT molecular complexity index is 2910. The number of fused-ring (bicyclic) bond motifs is 4. The van der Waals surface area contributed by atoms with Gasteiger partial charge < -0.3 is 0 Å². The first kappa shape index (κ1) is 32.5. The van der Waals surface area contributed by atoms with Crippen LogP contribution >= 0.6 is 0 Å². The molecule has 1 aliphatic rings. The highest BCUT2D eigenvalue weighted by Crippen LogP contribution is 2.58. The summed E-state index contributed by atoms with van der Waals surface area (Å²) in [6.45, 7) is 0. The molecule has 0 spiro atoms. The molecule has 2 heterocycles. The smallest absolute Gasteiger partial charge is 0.295 e. The normalized spacial score (nSPS) is 12.8. The Morgan fingerprint density at radius 1 is 0.436 bits per heavy atom. The van der Waals surface area contributed by atoms with Gasteiger partial charge in [0.15, 0.2) is 5.82 Å². The monoisotopic (exact) mass is 708 g/mol. The first-order valence-electron chi connectivity index (χ1n) is 18.6. The molecule has 0 radical (unpaired) electrons. The van der Waals surface area contributed by atoms with Crippen molar-refractivity contribution in [3.05, 3.63) is 215 Å². The van der Waals surface area contributed by atoms with Crippen LogP contribution in [-0.2, 0) is 19.5 Å². The molecule has 0 N–H and O–H groups in total. The molecule has 0 fully saturated rings. The third-order valence-corrected chi connectivity index (χ3v) is 11.3. The second-order valence-corrected chi connectivity index (χ2v) is 14.3. The van der Waals surface area contributed by atoms with Crippen molar-refractivity contribution in [3.63, 3.8) is 0 Å². The summed E-state index contributed by atoms with van der Waals surface area (Å²) in [5.74, 6) is 0.680. The summed E-state index contributed by atoms with van der Waals surface area (Å²) in [5.41, 5.74) is 15.4. The van der Waals surface area contributed by atoms with E-state index in [-0.39, 0.29) is 5.69 Å². The van der Waals surface area contributed by atoms with Gasteiger partial charge in [-0.25, -0.2) is 14.8 Å². The Morgan fingerprint density at radius 3 is 1.62 bits per heavy atom. The molecule has 9 aromatic rings. The number of aromatic nitrogens is 4. The van der Waals surface area contributed by atoms with E-state index in [0.29, 0.717) is 5.82 Å². The SMILES string of the molecule is Cn1c(=O)n(C)c2cc(-c3ccc(-c4cc(-c5ccccc5)nc(-c5cccc6c5-c5ccccc5C6(c5ccccc5)c5ccccc5)n4)cc3)ccc21. The molecule has 262 valence electrons. The Kier molecular flexibility index (Phi) is 7.56. The molecule has 2 aromatic heterocycles. The number of benzene rings is 7. The highest BCUT2D eigenvalue weighted by Gasteiger charge is 2.47. The Labute approximate surface area is 319 Å². The van der Waals surface area contributed by atoms with Crippen molar-refractivity contribution in [1.29, 1.82) is 0 Å². The summed E-state index contributed by atoms with van der Waals surface area (Å²) < 4.78 is 3.38. The zero-order chi connectivity index (χ0) is 37.1. The fraction of sp³-hybridized carbons (Fsp3) is 0.0600. The van der Waals surface area contributed by atoms with Crippen LogP contribution in [0.5, 0.6) is 0 Å². The van der Waals surface area contributed by atoms with Crippen molar-refractivity contribution in [3.8, 4) is 56.2 Å². The maximum absolute atomic E-state index is 12.6. The summed E-state index contributed by atoms with van der Waals surface area (Å²) >= 11 is 0. The predicted molar refractivity (Wildman–Crippen MR) is 223 cm³/mol. The second kappa shape index (κ2) is 12.8. The van der Waals surface area contributed by atoms with Gasteiger partial charge in [-0.1, -0.05) is 164 Å². The van der Waals surface area contributed by atoms with Crippen LogP contribution in [0, 0.1) is 0 Å². The quantitative estimate of drug-likeness (QED) is 0.173. The van der Waals surface area contributed by atoms with E-state index in [0.717, 1.165) is 55.8 Å². The standard InChI is InChI=1S/C50H36N4O/c1-53-45-30-29-36(31-46(45)54(2)49(53)55)33-25-27-35(28-26-33)44-32-43(34-15-6-3-7-16-34)51-48(52-44)40-22-14-24-42-47(40)39-21-12-13-23-41(39)50(42,37-17-8-4-9-18-37)38-19-10-5-11-20-38/h3-32H,1-2H3. The van der Waals surface area contributed by atoms with E-state index in [9.17, 15) is 4.79 Å². The largest absolute Gasteiger partial charge is 0.328 e. The zero-order valence-corrected chi connectivity index (χ0v) is 30.5. The molecular formula is C50H36N4O. The molecule has 0 aliphatic heterocycles. The summed E-state index contributed by atoms with van der Waals surface area (Å²) in [6.07, 6.45) is 0. The van der Waals surface area contributed by atoms with Gasteiger partial charge in [0.2, 0.25) is 0 Å². The molecule has 55 heavy (non-hydrogen) atoms. The van der Waals surface area contributed by atoms with Gasteiger partial charge in [-0.3, -0.25) is 9.13 Å². The van der Waals surface area contributed by atoms with Crippen LogP contribution in [0.2, 0.25) is 0 Å². The lowest BCUT2D eigenvalue weighted by molar-refractivity contribution is 0.768. The van der Waals surface area contributed by atoms with E-state index < -0.39 is 5.41 Å². The Balaban J connectivity index is 1.16. The first-order valence-corrected chi connectivity index (χ1v) is 18.6. The molecule has 1 aliphatic carbocycles. The number of aryl methyl sites for hydroxylation is 2. The minimum atomic E-state index is -0.519. The molecular weight excluding hydrogens is 673 g/mol. The van der Waals surface area contributed by atoms with Crippen molar-refractivity contribution < 1.29 is 0 Å². The van der Waals surface area contributed by atoms with Crippen LogP contribution in [0.4, 0.5) is 0 Å². The highest BCUT2D eigenvalue weighted by molar-refractivity contribution is 5.95. The molecule has 0 amide bonds. The van der Waals surface area contributed by atoms with Gasteiger partial charge in [0.05, 0.1) is 27.8 Å². The molecule has 0 atom stereocenters. The molecule has 7 aromatic carbocycles. The summed E-state index contributed by atoms with van der Waals surface area (Å²) in [4.78, 5) is 23.3. The number of hydrogen-bond donors (Lipinski definition) is 0. The second-order valence-electron chi connectivity index (χ2n) is 14.3. The van der Waals surface area contributed by atoms with Gasteiger partial charge in [-0.05, 0) is 62.7 Å². The van der Waals surface area contributed by atoms with Gasteiger partial charge in [0.1, 0.15) is 0 Å². The van der Waals surface area contributed by atoms with Gasteiger partial charge in [0, 0.05) is 30.8 Å². The molecule has 0 unspecified atom stereocenters. The molecule has 10 rings (SSSR count). The molecule has 5 nitrogen and oxygen atoms in total. The number of nitrogens with zero attached hydrogens (tertiary/aromatic N) is 4. The average molecular weight is 709 g/mol. The number of imidazole rings is 1. The van der Waals surface area contributed by atoms with Crippen molar-refractivity contribution in [2.75, 3.05) is 0 Å². The maximum Gasteiger partial charge on any atom is 0.328 e. The third-order valence-electron chi connectivity index (χ3n) is 11.3. The van der Waals surface area contributed by atoms with Crippen molar-refractivity contribution >= 4 is 11.0 Å². The molecule has 0 bridgehead atoms. The van der Waals surface area contributed by atoms with Crippen molar-refractivity contribution in [2.45, 2.75) is 5.41 Å². The van der Waals surface area contributed by atoms with Crippen LogP contribution in [-0.4, -0.2) is 19.1 Å². The van der Waals surface area contributed by atoms with E-state index >= 15 is 0 Å². The zero-order valence-electron chi connectivity index (χ0n) is 30.5. The topological polar surface area (TPSA) is 52.7 Å². The van der Waals surface area contributed by atoms with Crippen LogP contribution in [0.1, 0.15) is 22.3 Å². The number of rotatable bonds is 6. The summed E-state index contributed by atoms with van der Waals surface area (Å²) in [6, 6.07) is 64.3. The van der Waals surface area contributed by atoms with E-state index in [2.05, 4.69) is 170 Å². The van der Waals surface area contributed by atoms with Crippen LogP contribution in [0.25, 0.3) is 67.2 Å². The van der Waals surface area contributed by atoms with E-state index in [1.807, 2.05) is 26.2 Å². The lowest BCUT2D eigenvalue weighted by Crippen LogP contribution is -2.28. The summed E-state index contributed by atoms with van der Waals surface area (Å²) in [7, 11) is 3.63. The minimum absolute atomic E-state index is 0.0327. The Morgan fingerprint density at radius 2 is 0.945 bits per heavy atom. The molecule has 5 heteroatoms. The molecule has 0 saturated carbocycles. The lowest BCUT2D eigenvalue weighted by Gasteiger charge is -2.33. The van der Waals surface area contributed by atoms with Crippen LogP contribution in [0.15, 0.2) is 187 Å². The van der Waals surface area contributed by atoms with Gasteiger partial charge in [0.25, 0.3) is 0 Å². The summed E-state index contributed by atoms with van der Waals surface area (Å²) in [5, 5.41) is 0. The van der Waals surface area contributed by atoms with Crippen molar-refractivity contribution in [2.24, 2.45) is 14.1 Å². The van der Waals surface area contributed by atoms with Gasteiger partial charge in [-0.2, -0.15) is 0 Å². The minimum Gasteiger partial charge on any atom is -0.295 e. The van der Waals surface area contributed by atoms with E-state index in [1.165, 1.54) is 27.8 Å². The van der Waals surface area contributed by atoms with Crippen LogP contribution in [0.3, 0.4) is 0 Å². The molecule has 0 saturated heterocycles. The van der Waals surface area contributed by atoms with Crippen LogP contribution < -0.4 is 5.69 Å². The van der Waals surface area contributed by atoms with Crippen molar-refractivity contribution in [1.82, 2.24) is 19.1 Å². The fourth-order valence-electron chi connectivity index (χ4n) is 8.67. The average Bonchev–Trinajstić information content (AvgIpc) is 3.68. The van der Waals surface area contributed by atoms with Gasteiger partial charge >= 0.3 is 5.69 Å². The first-order chi connectivity index (χ1) is 27.0. The lowest BCUT2D eigenvalue weighted by atomic mass is 9.67.